The van der Waals surface area contributed by atoms with E-state index in [-0.39, 0.29) is 25.2 Å². The molecule has 0 spiro atoms. The van der Waals surface area contributed by atoms with Crippen LogP contribution in [0.2, 0.25) is 5.02 Å². The highest BCUT2D eigenvalue weighted by molar-refractivity contribution is 6.32. The Kier molecular flexibility index (Phi) is 7.02. The molecular weight excluding hydrogens is 294 g/mol. The summed E-state index contributed by atoms with van der Waals surface area (Å²) in [6, 6.07) is 6.83. The third-order valence-corrected chi connectivity index (χ3v) is 3.25. The van der Waals surface area contributed by atoms with E-state index in [0.29, 0.717) is 16.7 Å². The van der Waals surface area contributed by atoms with Crippen LogP contribution in [0, 0.1) is 5.92 Å². The highest BCUT2D eigenvalue weighted by Crippen LogP contribution is 2.22. The number of hydrogen-bond donors (Lipinski definition) is 1. The summed E-state index contributed by atoms with van der Waals surface area (Å²) >= 11 is 5.88. The normalized spacial score (nSPS) is 11.9. The Morgan fingerprint density at radius 1 is 1.19 bits per heavy atom. The van der Waals surface area contributed by atoms with Gasteiger partial charge in [0.05, 0.1) is 5.02 Å². The van der Waals surface area contributed by atoms with Crippen LogP contribution in [0.1, 0.15) is 20.8 Å². The Bertz CT molecular complexity index is 490. The second-order valence-electron chi connectivity index (χ2n) is 4.98. The molecule has 1 rings (SSSR count). The van der Waals surface area contributed by atoms with Crippen LogP contribution < -0.4 is 10.1 Å². The van der Waals surface area contributed by atoms with Crippen LogP contribution in [0.5, 0.6) is 5.75 Å². The van der Waals surface area contributed by atoms with Crippen molar-refractivity contribution in [3.8, 4) is 5.75 Å². The first-order valence-corrected chi connectivity index (χ1v) is 7.10. The van der Waals surface area contributed by atoms with Gasteiger partial charge in [0.1, 0.15) is 5.75 Å². The second-order valence-corrected chi connectivity index (χ2v) is 5.39. The van der Waals surface area contributed by atoms with E-state index in [9.17, 15) is 9.59 Å². The summed E-state index contributed by atoms with van der Waals surface area (Å²) in [4.78, 5) is 23.0. The van der Waals surface area contributed by atoms with Crippen molar-refractivity contribution in [2.75, 3.05) is 13.2 Å². The smallest absolute Gasteiger partial charge is 0.344 e. The molecule has 0 aromatic heterocycles. The summed E-state index contributed by atoms with van der Waals surface area (Å²) < 4.78 is 10.0. The zero-order valence-electron chi connectivity index (χ0n) is 12.4. The quantitative estimate of drug-likeness (QED) is 0.785. The summed E-state index contributed by atoms with van der Waals surface area (Å²) in [6.45, 7) is 5.27. The molecule has 6 heteroatoms. The molecule has 1 aromatic rings. The van der Waals surface area contributed by atoms with E-state index < -0.39 is 5.97 Å². The first-order chi connectivity index (χ1) is 9.90. The Balaban J connectivity index is 2.28. The number of carbonyl (C=O) groups excluding carboxylic acids is 2. The van der Waals surface area contributed by atoms with Crippen molar-refractivity contribution in [2.24, 2.45) is 5.92 Å². The number of para-hydroxylation sites is 1. The first kappa shape index (κ1) is 17.3. The number of benzene rings is 1. The van der Waals surface area contributed by atoms with E-state index in [1.807, 2.05) is 20.8 Å². The van der Waals surface area contributed by atoms with Gasteiger partial charge in [0.2, 0.25) is 0 Å². The van der Waals surface area contributed by atoms with Crippen molar-refractivity contribution in [2.45, 2.75) is 26.8 Å². The van der Waals surface area contributed by atoms with Crippen molar-refractivity contribution in [3.05, 3.63) is 29.3 Å². The van der Waals surface area contributed by atoms with Crippen LogP contribution >= 0.6 is 11.6 Å². The van der Waals surface area contributed by atoms with Gasteiger partial charge in [-0.2, -0.15) is 0 Å². The fraction of sp³-hybridized carbons (Fsp3) is 0.467. The molecule has 116 valence electrons. The number of rotatable bonds is 7. The highest BCUT2D eigenvalue weighted by Gasteiger charge is 2.13. The zero-order chi connectivity index (χ0) is 15.8. The molecule has 1 aromatic carbocycles. The average molecular weight is 314 g/mol. The molecule has 0 aliphatic rings. The predicted molar refractivity (Wildman–Crippen MR) is 80.3 cm³/mol. The van der Waals surface area contributed by atoms with E-state index in [0.717, 1.165) is 0 Å². The Hall–Kier alpha value is -1.75. The maximum absolute atomic E-state index is 11.5. The molecule has 0 heterocycles. The molecule has 1 atom stereocenters. The van der Waals surface area contributed by atoms with Crippen molar-refractivity contribution < 1.29 is 19.1 Å². The molecule has 0 bridgehead atoms. The standard InChI is InChI=1S/C15H20ClNO4/c1-10(2)11(3)17-14(18)8-21-15(19)9-20-13-7-5-4-6-12(13)16/h4-7,10-11H,8-9H2,1-3H3,(H,17,18). The molecule has 0 aliphatic carbocycles. The topological polar surface area (TPSA) is 64.6 Å². The lowest BCUT2D eigenvalue weighted by atomic mass is 10.1. The molecule has 1 N–H and O–H groups in total. The summed E-state index contributed by atoms with van der Waals surface area (Å²) in [6.07, 6.45) is 0. The lowest BCUT2D eigenvalue weighted by Crippen LogP contribution is -2.39. The molecule has 5 nitrogen and oxygen atoms in total. The molecule has 0 saturated carbocycles. The SMILES string of the molecule is CC(C)C(C)NC(=O)COC(=O)COc1ccccc1Cl. The van der Waals surface area contributed by atoms with Gasteiger partial charge in [-0.3, -0.25) is 4.79 Å². The number of hydrogen-bond acceptors (Lipinski definition) is 4. The third kappa shape index (κ3) is 6.49. The number of halogens is 1. The van der Waals surface area contributed by atoms with Crippen molar-refractivity contribution in [1.29, 1.82) is 0 Å². The Morgan fingerprint density at radius 2 is 1.86 bits per heavy atom. The van der Waals surface area contributed by atoms with Crippen LogP contribution in [0.3, 0.4) is 0 Å². The van der Waals surface area contributed by atoms with Crippen LogP contribution in [0.15, 0.2) is 24.3 Å². The Labute approximate surface area is 129 Å². The van der Waals surface area contributed by atoms with Gasteiger partial charge in [0, 0.05) is 6.04 Å². The number of esters is 1. The third-order valence-electron chi connectivity index (χ3n) is 2.94. The van der Waals surface area contributed by atoms with Crippen molar-refractivity contribution in [1.82, 2.24) is 5.32 Å². The van der Waals surface area contributed by atoms with Crippen LogP contribution in [-0.4, -0.2) is 31.1 Å². The molecule has 0 saturated heterocycles. The summed E-state index contributed by atoms with van der Waals surface area (Å²) in [5, 5.41) is 3.15. The number of nitrogens with one attached hydrogen (secondary N) is 1. The molecule has 0 radical (unpaired) electrons. The van der Waals surface area contributed by atoms with Crippen LogP contribution in [-0.2, 0) is 14.3 Å². The number of ether oxygens (including phenoxy) is 2. The van der Waals surface area contributed by atoms with Gasteiger partial charge >= 0.3 is 5.97 Å². The predicted octanol–water partition coefficient (Wildman–Crippen LogP) is 2.42. The zero-order valence-corrected chi connectivity index (χ0v) is 13.1. The van der Waals surface area contributed by atoms with Crippen molar-refractivity contribution >= 4 is 23.5 Å². The van der Waals surface area contributed by atoms with E-state index in [1.54, 1.807) is 24.3 Å². The maximum Gasteiger partial charge on any atom is 0.344 e. The fourth-order valence-electron chi connectivity index (χ4n) is 1.35. The summed E-state index contributed by atoms with van der Waals surface area (Å²) in [5.41, 5.74) is 0. The molecular formula is C15H20ClNO4. The van der Waals surface area contributed by atoms with Gasteiger partial charge in [-0.05, 0) is 25.0 Å². The lowest BCUT2D eigenvalue weighted by molar-refractivity contribution is -0.150. The minimum Gasteiger partial charge on any atom is -0.480 e. The molecule has 1 unspecified atom stereocenters. The van der Waals surface area contributed by atoms with Gasteiger partial charge in [0.25, 0.3) is 5.91 Å². The monoisotopic (exact) mass is 313 g/mol. The minimum atomic E-state index is -0.623. The van der Waals surface area contributed by atoms with Gasteiger partial charge in [0.15, 0.2) is 13.2 Å². The van der Waals surface area contributed by atoms with E-state index >= 15 is 0 Å². The molecule has 0 aliphatic heterocycles. The van der Waals surface area contributed by atoms with E-state index in [1.165, 1.54) is 0 Å². The van der Waals surface area contributed by atoms with E-state index in [4.69, 9.17) is 21.1 Å². The van der Waals surface area contributed by atoms with Crippen LogP contribution in [0.4, 0.5) is 0 Å². The minimum absolute atomic E-state index is 0.0237. The fourth-order valence-corrected chi connectivity index (χ4v) is 1.54. The second kappa shape index (κ2) is 8.52. The molecule has 1 amide bonds. The van der Waals surface area contributed by atoms with Gasteiger partial charge in [-0.15, -0.1) is 0 Å². The summed E-state index contributed by atoms with van der Waals surface area (Å²) in [7, 11) is 0. The maximum atomic E-state index is 11.5. The van der Waals surface area contributed by atoms with Gasteiger partial charge in [-0.25, -0.2) is 4.79 Å². The first-order valence-electron chi connectivity index (χ1n) is 6.72. The van der Waals surface area contributed by atoms with Crippen molar-refractivity contribution in [3.63, 3.8) is 0 Å². The lowest BCUT2D eigenvalue weighted by Gasteiger charge is -2.17. The number of carbonyl (C=O) groups is 2. The average Bonchev–Trinajstić information content (AvgIpc) is 2.44. The highest BCUT2D eigenvalue weighted by atomic mass is 35.5. The Morgan fingerprint density at radius 3 is 2.48 bits per heavy atom. The van der Waals surface area contributed by atoms with Gasteiger partial charge < -0.3 is 14.8 Å². The summed E-state index contributed by atoms with van der Waals surface area (Å²) in [5.74, 6) is -0.244. The molecule has 0 fully saturated rings. The van der Waals surface area contributed by atoms with E-state index in [2.05, 4.69) is 5.32 Å². The largest absolute Gasteiger partial charge is 0.480 e. The number of amides is 1. The van der Waals surface area contributed by atoms with Crippen LogP contribution in [0.25, 0.3) is 0 Å². The van der Waals surface area contributed by atoms with Gasteiger partial charge in [-0.1, -0.05) is 37.6 Å². The molecule has 21 heavy (non-hydrogen) atoms.